The fourth-order valence-electron chi connectivity index (χ4n) is 2.70. The van der Waals surface area contributed by atoms with E-state index in [0.717, 1.165) is 19.4 Å². The number of nitrogens with zero attached hydrogens (tertiary/aromatic N) is 1. The molecule has 19 heavy (non-hydrogen) atoms. The lowest BCUT2D eigenvalue weighted by Gasteiger charge is -2.34. The van der Waals surface area contributed by atoms with Crippen LogP contribution in [0.25, 0.3) is 0 Å². The average molecular weight is 260 g/mol. The van der Waals surface area contributed by atoms with E-state index in [9.17, 15) is 4.79 Å². The molecule has 1 saturated heterocycles. The van der Waals surface area contributed by atoms with Crippen LogP contribution in [0.2, 0.25) is 0 Å². The van der Waals surface area contributed by atoms with E-state index < -0.39 is 0 Å². The summed E-state index contributed by atoms with van der Waals surface area (Å²) in [5, 5.41) is 0. The van der Waals surface area contributed by atoms with E-state index >= 15 is 0 Å². The summed E-state index contributed by atoms with van der Waals surface area (Å²) in [6.07, 6.45) is 2.28. The fraction of sp³-hybridized carbons (Fsp3) is 0.562. The van der Waals surface area contributed by atoms with Crippen molar-refractivity contribution in [3.63, 3.8) is 0 Å². The van der Waals surface area contributed by atoms with Crippen molar-refractivity contribution in [2.24, 2.45) is 5.73 Å². The Bertz CT molecular complexity index is 450. The summed E-state index contributed by atoms with van der Waals surface area (Å²) in [7, 11) is 0. The van der Waals surface area contributed by atoms with Gasteiger partial charge in [-0.1, -0.05) is 29.8 Å². The molecule has 2 rings (SSSR count). The summed E-state index contributed by atoms with van der Waals surface area (Å²) in [5.41, 5.74) is 8.34. The van der Waals surface area contributed by atoms with Crippen LogP contribution < -0.4 is 5.73 Å². The van der Waals surface area contributed by atoms with Crippen LogP contribution in [0, 0.1) is 6.92 Å². The number of carbonyl (C=O) groups excluding carboxylic acids is 1. The van der Waals surface area contributed by atoms with Gasteiger partial charge < -0.3 is 10.6 Å². The summed E-state index contributed by atoms with van der Waals surface area (Å²) < 4.78 is 0. The molecule has 0 aromatic heterocycles. The van der Waals surface area contributed by atoms with Crippen molar-refractivity contribution in [1.82, 2.24) is 4.90 Å². The molecule has 1 unspecified atom stereocenters. The second-order valence-electron chi connectivity index (χ2n) is 6.08. The van der Waals surface area contributed by atoms with Gasteiger partial charge in [-0.05, 0) is 39.2 Å². The van der Waals surface area contributed by atoms with E-state index in [4.69, 9.17) is 5.73 Å². The molecule has 0 spiro atoms. The van der Waals surface area contributed by atoms with Gasteiger partial charge in [-0.25, -0.2) is 0 Å². The number of hydrogen-bond acceptors (Lipinski definition) is 2. The standard InChI is InChI=1S/C16H24N2O/c1-12-4-6-13(7-5-12)8-9-15(19)18-11-10-14(17)16(18,2)3/h4-7,14H,8-11,17H2,1-3H3. The van der Waals surface area contributed by atoms with Crippen LogP contribution in [-0.2, 0) is 11.2 Å². The Morgan fingerprint density at radius 1 is 1.37 bits per heavy atom. The van der Waals surface area contributed by atoms with Gasteiger partial charge in [0.2, 0.25) is 5.91 Å². The zero-order valence-electron chi connectivity index (χ0n) is 12.1. The summed E-state index contributed by atoms with van der Waals surface area (Å²) in [6, 6.07) is 8.48. The number of carbonyl (C=O) groups is 1. The summed E-state index contributed by atoms with van der Waals surface area (Å²) in [6.45, 7) is 6.99. The van der Waals surface area contributed by atoms with Crippen LogP contribution >= 0.6 is 0 Å². The quantitative estimate of drug-likeness (QED) is 0.906. The van der Waals surface area contributed by atoms with Crippen LogP contribution in [-0.4, -0.2) is 28.9 Å². The third kappa shape index (κ3) is 2.98. The zero-order chi connectivity index (χ0) is 14.0. The molecule has 1 aromatic carbocycles. The lowest BCUT2D eigenvalue weighted by molar-refractivity contribution is -0.134. The van der Waals surface area contributed by atoms with Gasteiger partial charge >= 0.3 is 0 Å². The van der Waals surface area contributed by atoms with Crippen molar-refractivity contribution in [3.05, 3.63) is 35.4 Å². The predicted octanol–water partition coefficient (Wildman–Crippen LogP) is 2.27. The van der Waals surface area contributed by atoms with Crippen LogP contribution in [0.1, 0.15) is 37.8 Å². The summed E-state index contributed by atoms with van der Waals surface area (Å²) >= 11 is 0. The fourth-order valence-corrected chi connectivity index (χ4v) is 2.70. The minimum Gasteiger partial charge on any atom is -0.336 e. The Kier molecular flexibility index (Phi) is 3.95. The minimum absolute atomic E-state index is 0.0934. The van der Waals surface area contributed by atoms with Crippen LogP contribution in [0.4, 0.5) is 0 Å². The molecule has 2 N–H and O–H groups in total. The first kappa shape index (κ1) is 14.1. The molecule has 0 aliphatic carbocycles. The lowest BCUT2D eigenvalue weighted by Crippen LogP contribution is -2.51. The lowest BCUT2D eigenvalue weighted by atomic mass is 9.96. The molecule has 0 bridgehead atoms. The molecular formula is C16H24N2O. The van der Waals surface area contributed by atoms with Crippen LogP contribution in [0.5, 0.6) is 0 Å². The molecule has 1 aliphatic heterocycles. The zero-order valence-corrected chi connectivity index (χ0v) is 12.1. The third-order valence-corrected chi connectivity index (χ3v) is 4.32. The molecular weight excluding hydrogens is 236 g/mol. The first-order valence-electron chi connectivity index (χ1n) is 7.03. The maximum Gasteiger partial charge on any atom is 0.223 e. The Labute approximate surface area is 115 Å². The van der Waals surface area contributed by atoms with Gasteiger partial charge in [-0.2, -0.15) is 0 Å². The van der Waals surface area contributed by atoms with Crippen molar-refractivity contribution >= 4 is 5.91 Å². The molecule has 0 radical (unpaired) electrons. The molecule has 1 aromatic rings. The highest BCUT2D eigenvalue weighted by Gasteiger charge is 2.41. The van der Waals surface area contributed by atoms with E-state index in [0.29, 0.717) is 6.42 Å². The number of aryl methyl sites for hydroxylation is 2. The largest absolute Gasteiger partial charge is 0.336 e. The highest BCUT2D eigenvalue weighted by atomic mass is 16.2. The van der Waals surface area contributed by atoms with Crippen molar-refractivity contribution < 1.29 is 4.79 Å². The Hall–Kier alpha value is -1.35. The molecule has 1 atom stereocenters. The van der Waals surface area contributed by atoms with E-state index in [1.54, 1.807) is 0 Å². The molecule has 1 heterocycles. The molecule has 1 amide bonds. The highest BCUT2D eigenvalue weighted by molar-refractivity contribution is 5.77. The third-order valence-electron chi connectivity index (χ3n) is 4.32. The van der Waals surface area contributed by atoms with Gasteiger partial charge in [-0.15, -0.1) is 0 Å². The smallest absolute Gasteiger partial charge is 0.223 e. The molecule has 3 nitrogen and oxygen atoms in total. The number of rotatable bonds is 3. The van der Waals surface area contributed by atoms with Crippen molar-refractivity contribution in [1.29, 1.82) is 0 Å². The normalized spacial score (nSPS) is 21.7. The minimum atomic E-state index is -0.204. The van der Waals surface area contributed by atoms with Crippen molar-refractivity contribution in [3.8, 4) is 0 Å². The number of nitrogens with two attached hydrogens (primary N) is 1. The molecule has 0 saturated carbocycles. The SMILES string of the molecule is Cc1ccc(CCC(=O)N2CCC(N)C2(C)C)cc1. The van der Waals surface area contributed by atoms with E-state index in [-0.39, 0.29) is 17.5 Å². The topological polar surface area (TPSA) is 46.3 Å². The van der Waals surface area contributed by atoms with Crippen LogP contribution in [0.3, 0.4) is 0 Å². The Morgan fingerprint density at radius 3 is 2.53 bits per heavy atom. The van der Waals surface area contributed by atoms with E-state index in [1.165, 1.54) is 11.1 Å². The summed E-state index contributed by atoms with van der Waals surface area (Å²) in [5.74, 6) is 0.221. The second kappa shape index (κ2) is 5.33. The van der Waals surface area contributed by atoms with Gasteiger partial charge in [0.1, 0.15) is 0 Å². The monoisotopic (exact) mass is 260 g/mol. The number of amides is 1. The number of likely N-dealkylation sites (tertiary alicyclic amines) is 1. The van der Waals surface area contributed by atoms with Crippen molar-refractivity contribution in [2.45, 2.75) is 51.6 Å². The molecule has 104 valence electrons. The maximum atomic E-state index is 12.3. The predicted molar refractivity (Wildman–Crippen MR) is 77.9 cm³/mol. The maximum absolute atomic E-state index is 12.3. The first-order chi connectivity index (χ1) is 8.91. The molecule has 3 heteroatoms. The van der Waals surface area contributed by atoms with E-state index in [2.05, 4.69) is 45.0 Å². The van der Waals surface area contributed by atoms with Gasteiger partial charge in [0.05, 0.1) is 5.54 Å². The van der Waals surface area contributed by atoms with Gasteiger partial charge in [-0.3, -0.25) is 4.79 Å². The van der Waals surface area contributed by atoms with Gasteiger partial charge in [0.25, 0.3) is 0 Å². The molecule has 1 aliphatic rings. The summed E-state index contributed by atoms with van der Waals surface area (Å²) in [4.78, 5) is 14.3. The van der Waals surface area contributed by atoms with Gasteiger partial charge in [0, 0.05) is 19.0 Å². The number of hydrogen-bond donors (Lipinski definition) is 1. The Balaban J connectivity index is 1.93. The van der Waals surface area contributed by atoms with E-state index in [1.807, 2.05) is 4.90 Å². The Morgan fingerprint density at radius 2 is 2.00 bits per heavy atom. The number of benzene rings is 1. The molecule has 1 fully saturated rings. The first-order valence-corrected chi connectivity index (χ1v) is 7.03. The average Bonchev–Trinajstić information content (AvgIpc) is 2.63. The highest BCUT2D eigenvalue weighted by Crippen LogP contribution is 2.28. The van der Waals surface area contributed by atoms with Crippen LogP contribution in [0.15, 0.2) is 24.3 Å². The second-order valence-corrected chi connectivity index (χ2v) is 6.08. The van der Waals surface area contributed by atoms with Gasteiger partial charge in [0.15, 0.2) is 0 Å². The van der Waals surface area contributed by atoms with Crippen molar-refractivity contribution in [2.75, 3.05) is 6.54 Å².